The van der Waals surface area contributed by atoms with Gasteiger partial charge in [0.2, 0.25) is 5.91 Å². The minimum atomic E-state index is -0.305. The molecule has 2 heterocycles. The number of rotatable bonds is 5. The minimum Gasteiger partial charge on any atom is -0.497 e. The normalized spacial score (nSPS) is 15.9. The Labute approximate surface area is 180 Å². The van der Waals surface area contributed by atoms with Crippen molar-refractivity contribution in [3.8, 4) is 11.5 Å². The molecule has 0 saturated carbocycles. The summed E-state index contributed by atoms with van der Waals surface area (Å²) in [5, 5.41) is 7.47. The van der Waals surface area contributed by atoms with Crippen LogP contribution >= 0.6 is 11.6 Å². The molecule has 1 aliphatic rings. The van der Waals surface area contributed by atoms with Crippen LogP contribution < -0.4 is 9.47 Å². The van der Waals surface area contributed by atoms with E-state index in [1.165, 1.54) is 5.01 Å². The van der Waals surface area contributed by atoms with E-state index in [2.05, 4.69) is 10.1 Å². The van der Waals surface area contributed by atoms with E-state index in [-0.39, 0.29) is 11.9 Å². The predicted molar refractivity (Wildman–Crippen MR) is 117 cm³/mol. The lowest BCUT2D eigenvalue weighted by molar-refractivity contribution is -0.132. The molecule has 0 radical (unpaired) electrons. The first kappa shape index (κ1) is 20.2. The molecular weight excluding hydrogens is 402 g/mol. The third kappa shape index (κ3) is 3.71. The second-order valence-corrected chi connectivity index (χ2v) is 7.37. The van der Waals surface area contributed by atoms with Crippen molar-refractivity contribution in [2.75, 3.05) is 14.2 Å². The van der Waals surface area contributed by atoms with Gasteiger partial charge in [-0.15, -0.1) is 0 Å². The molecule has 1 aromatic heterocycles. The smallest absolute Gasteiger partial charge is 0.242 e. The first-order valence-corrected chi connectivity index (χ1v) is 10.1. The zero-order chi connectivity index (χ0) is 21.3. The van der Waals surface area contributed by atoms with Crippen molar-refractivity contribution in [1.82, 2.24) is 9.99 Å². The van der Waals surface area contributed by atoms with Crippen LogP contribution in [0.3, 0.4) is 0 Å². The highest BCUT2D eigenvalue weighted by Gasteiger charge is 2.34. The third-order valence-electron chi connectivity index (χ3n) is 5.26. The summed E-state index contributed by atoms with van der Waals surface area (Å²) in [5.74, 6) is 1.43. The van der Waals surface area contributed by atoms with E-state index >= 15 is 0 Å². The van der Waals surface area contributed by atoms with Crippen LogP contribution in [0.15, 0.2) is 53.6 Å². The Morgan fingerprint density at radius 2 is 1.80 bits per heavy atom. The van der Waals surface area contributed by atoms with E-state index in [1.54, 1.807) is 14.2 Å². The average Bonchev–Trinajstić information content (AvgIpc) is 3.22. The van der Waals surface area contributed by atoms with Crippen molar-refractivity contribution in [2.24, 2.45) is 5.10 Å². The molecule has 0 spiro atoms. The fourth-order valence-electron chi connectivity index (χ4n) is 3.60. The van der Waals surface area contributed by atoms with Gasteiger partial charge in [0.25, 0.3) is 0 Å². The molecule has 0 unspecified atom stereocenters. The maximum Gasteiger partial charge on any atom is 0.242 e. The van der Waals surface area contributed by atoms with Crippen molar-refractivity contribution < 1.29 is 14.3 Å². The van der Waals surface area contributed by atoms with Crippen LogP contribution in [0.2, 0.25) is 5.15 Å². The van der Waals surface area contributed by atoms with Gasteiger partial charge in [0.05, 0.1) is 31.5 Å². The van der Waals surface area contributed by atoms with E-state index in [1.807, 2.05) is 55.5 Å². The number of amides is 1. The molecule has 6 nitrogen and oxygen atoms in total. The Hall–Kier alpha value is -3.12. The van der Waals surface area contributed by atoms with Crippen LogP contribution in [0.5, 0.6) is 11.5 Å². The number of benzene rings is 2. The Morgan fingerprint density at radius 1 is 1.10 bits per heavy atom. The summed E-state index contributed by atoms with van der Waals surface area (Å²) in [6, 6.07) is 15.0. The molecule has 0 bridgehead atoms. The first-order chi connectivity index (χ1) is 14.5. The van der Waals surface area contributed by atoms with E-state index in [0.29, 0.717) is 23.7 Å². The fourth-order valence-corrected chi connectivity index (χ4v) is 3.87. The Balaban J connectivity index is 1.73. The number of halogens is 1. The maximum atomic E-state index is 12.7. The lowest BCUT2D eigenvalue weighted by Gasteiger charge is -2.22. The number of hydrogen-bond acceptors (Lipinski definition) is 5. The van der Waals surface area contributed by atoms with Crippen LogP contribution in [0.1, 0.15) is 36.9 Å². The quantitative estimate of drug-likeness (QED) is 0.542. The summed E-state index contributed by atoms with van der Waals surface area (Å²) in [4.78, 5) is 17.2. The number of nitrogens with zero attached hydrogens (tertiary/aromatic N) is 3. The Bertz CT molecular complexity index is 1130. The molecule has 154 valence electrons. The number of carbonyl (C=O) groups is 1. The van der Waals surface area contributed by atoms with Gasteiger partial charge in [0, 0.05) is 29.9 Å². The van der Waals surface area contributed by atoms with Gasteiger partial charge in [0.15, 0.2) is 0 Å². The summed E-state index contributed by atoms with van der Waals surface area (Å²) < 4.78 is 10.5. The van der Waals surface area contributed by atoms with Crippen molar-refractivity contribution >= 4 is 34.1 Å². The van der Waals surface area contributed by atoms with Gasteiger partial charge in [-0.05, 0) is 48.0 Å². The second kappa shape index (κ2) is 8.32. The molecule has 30 heavy (non-hydrogen) atoms. The molecule has 2 aromatic carbocycles. The number of ether oxygens (including phenoxy) is 2. The summed E-state index contributed by atoms with van der Waals surface area (Å²) >= 11 is 6.57. The number of methoxy groups -OCH3 is 2. The molecule has 7 heteroatoms. The molecule has 1 aliphatic heterocycles. The van der Waals surface area contributed by atoms with Crippen LogP contribution in [0.4, 0.5) is 0 Å². The van der Waals surface area contributed by atoms with E-state index < -0.39 is 0 Å². The molecule has 1 atom stereocenters. The number of carbonyl (C=O) groups excluding carboxylic acids is 1. The van der Waals surface area contributed by atoms with Crippen molar-refractivity contribution in [3.63, 3.8) is 0 Å². The molecular formula is C23H22ClN3O3. The van der Waals surface area contributed by atoms with Gasteiger partial charge in [-0.25, -0.2) is 9.99 Å². The van der Waals surface area contributed by atoms with E-state index in [9.17, 15) is 4.79 Å². The van der Waals surface area contributed by atoms with Crippen molar-refractivity contribution in [2.45, 2.75) is 25.8 Å². The topological polar surface area (TPSA) is 64.0 Å². The molecule has 0 fully saturated rings. The number of fused-ring (bicyclic) bond motifs is 1. The minimum absolute atomic E-state index is 0.0607. The number of pyridine rings is 1. The lowest BCUT2D eigenvalue weighted by atomic mass is 9.98. The van der Waals surface area contributed by atoms with Gasteiger partial charge >= 0.3 is 0 Å². The van der Waals surface area contributed by atoms with Crippen molar-refractivity contribution in [1.29, 1.82) is 0 Å². The highest BCUT2D eigenvalue weighted by molar-refractivity contribution is 6.30. The standard InChI is InChI=1S/C23H22ClN3O3/c1-4-22(28)27-21(13-20(26-27)14-5-8-16(29-2)9-6-14)18-11-15-7-10-17(30-3)12-19(15)25-23(18)24/h5-12,21H,4,13H2,1-3H3/t21-/m1/s1. The van der Waals surface area contributed by atoms with Crippen LogP contribution in [-0.4, -0.2) is 35.8 Å². The highest BCUT2D eigenvalue weighted by Crippen LogP contribution is 2.38. The molecule has 4 rings (SSSR count). The van der Waals surface area contributed by atoms with Gasteiger partial charge < -0.3 is 9.47 Å². The van der Waals surface area contributed by atoms with Gasteiger partial charge in [0.1, 0.15) is 16.7 Å². The monoisotopic (exact) mass is 423 g/mol. The van der Waals surface area contributed by atoms with E-state index in [4.69, 9.17) is 21.1 Å². The highest BCUT2D eigenvalue weighted by atomic mass is 35.5. The Kier molecular flexibility index (Phi) is 5.59. The van der Waals surface area contributed by atoms with Gasteiger partial charge in [-0.1, -0.05) is 18.5 Å². The molecule has 3 aromatic rings. The van der Waals surface area contributed by atoms with Crippen LogP contribution in [-0.2, 0) is 4.79 Å². The summed E-state index contributed by atoms with van der Waals surface area (Å²) in [7, 11) is 3.24. The first-order valence-electron chi connectivity index (χ1n) is 9.72. The van der Waals surface area contributed by atoms with Crippen LogP contribution in [0, 0.1) is 0 Å². The third-order valence-corrected chi connectivity index (χ3v) is 5.56. The van der Waals surface area contributed by atoms with Gasteiger partial charge in [-0.3, -0.25) is 4.79 Å². The SMILES string of the molecule is CCC(=O)N1N=C(c2ccc(OC)cc2)C[C@@H]1c1cc2ccc(OC)cc2nc1Cl. The van der Waals surface area contributed by atoms with E-state index in [0.717, 1.165) is 33.5 Å². The molecule has 1 amide bonds. The second-order valence-electron chi connectivity index (χ2n) is 7.01. The zero-order valence-corrected chi connectivity index (χ0v) is 17.8. The zero-order valence-electron chi connectivity index (χ0n) is 17.1. The fraction of sp³-hybridized carbons (Fsp3) is 0.261. The maximum absolute atomic E-state index is 12.7. The van der Waals surface area contributed by atoms with Crippen molar-refractivity contribution in [3.05, 3.63) is 64.8 Å². The summed E-state index contributed by atoms with van der Waals surface area (Å²) in [5.41, 5.74) is 3.30. The van der Waals surface area contributed by atoms with Crippen LogP contribution in [0.25, 0.3) is 10.9 Å². The molecule has 0 aliphatic carbocycles. The number of aromatic nitrogens is 1. The number of hydrazone groups is 1. The number of hydrogen-bond donors (Lipinski definition) is 0. The molecule has 0 N–H and O–H groups in total. The Morgan fingerprint density at radius 3 is 2.47 bits per heavy atom. The molecule has 0 saturated heterocycles. The predicted octanol–water partition coefficient (Wildman–Crippen LogP) is 4.99. The lowest BCUT2D eigenvalue weighted by Crippen LogP contribution is -2.26. The van der Waals surface area contributed by atoms with Gasteiger partial charge in [-0.2, -0.15) is 5.10 Å². The summed E-state index contributed by atoms with van der Waals surface area (Å²) in [6.07, 6.45) is 0.910. The average molecular weight is 424 g/mol. The summed E-state index contributed by atoms with van der Waals surface area (Å²) in [6.45, 7) is 1.83. The largest absolute Gasteiger partial charge is 0.497 e.